The van der Waals surface area contributed by atoms with E-state index < -0.39 is 0 Å². The van der Waals surface area contributed by atoms with E-state index in [0.717, 1.165) is 0 Å². The van der Waals surface area contributed by atoms with Crippen molar-refractivity contribution in [1.82, 2.24) is 0 Å². The van der Waals surface area contributed by atoms with Crippen molar-refractivity contribution in [1.29, 1.82) is 0 Å². The number of carbonyl (C=O) groups excluding carboxylic acids is 2. The summed E-state index contributed by atoms with van der Waals surface area (Å²) in [5.74, 6) is 0.365. The summed E-state index contributed by atoms with van der Waals surface area (Å²) in [5, 5.41) is 3.52. The number of hydrogen-bond donors (Lipinski definition) is 1. The topological polar surface area (TPSA) is 55.4 Å². The van der Waals surface area contributed by atoms with Gasteiger partial charge >= 0.3 is 5.97 Å². The Hall–Kier alpha value is -0.910. The summed E-state index contributed by atoms with van der Waals surface area (Å²) >= 11 is 13.0. The van der Waals surface area contributed by atoms with Crippen molar-refractivity contribution in [3.8, 4) is 0 Å². The summed E-state index contributed by atoms with van der Waals surface area (Å²) in [6, 6.07) is 4.87. The maximum atomic E-state index is 11.6. The zero-order valence-electron chi connectivity index (χ0n) is 10.2. The SMILES string of the molecule is COC(=O)CCSCC(=O)Nc1ccc(Cl)c(Cl)c1. The van der Waals surface area contributed by atoms with Crippen LogP contribution in [0, 0.1) is 0 Å². The molecule has 104 valence electrons. The predicted octanol–water partition coefficient (Wildman–Crippen LogP) is 3.23. The molecule has 0 aliphatic carbocycles. The van der Waals surface area contributed by atoms with Crippen LogP contribution in [0.4, 0.5) is 5.69 Å². The highest BCUT2D eigenvalue weighted by Crippen LogP contribution is 2.25. The van der Waals surface area contributed by atoms with Crippen molar-refractivity contribution in [2.24, 2.45) is 0 Å². The van der Waals surface area contributed by atoms with Crippen LogP contribution in [0.3, 0.4) is 0 Å². The summed E-state index contributed by atoms with van der Waals surface area (Å²) in [6.07, 6.45) is 0.293. The highest BCUT2D eigenvalue weighted by atomic mass is 35.5. The molecule has 0 atom stereocenters. The van der Waals surface area contributed by atoms with Crippen LogP contribution < -0.4 is 5.32 Å². The van der Waals surface area contributed by atoms with Gasteiger partial charge in [0, 0.05) is 11.4 Å². The second-order valence-electron chi connectivity index (χ2n) is 3.56. The highest BCUT2D eigenvalue weighted by Gasteiger charge is 2.06. The zero-order valence-corrected chi connectivity index (χ0v) is 12.6. The lowest BCUT2D eigenvalue weighted by Crippen LogP contribution is -2.14. The molecule has 0 saturated carbocycles. The first-order valence-corrected chi connectivity index (χ1v) is 7.33. The van der Waals surface area contributed by atoms with Crippen LogP contribution in [0.5, 0.6) is 0 Å². The smallest absolute Gasteiger partial charge is 0.306 e. The maximum Gasteiger partial charge on any atom is 0.306 e. The first-order chi connectivity index (χ1) is 9.02. The van der Waals surface area contributed by atoms with Crippen molar-refractivity contribution >= 4 is 52.5 Å². The van der Waals surface area contributed by atoms with Gasteiger partial charge in [0.05, 0.1) is 29.3 Å². The van der Waals surface area contributed by atoms with Gasteiger partial charge in [0.1, 0.15) is 0 Å². The zero-order chi connectivity index (χ0) is 14.3. The maximum absolute atomic E-state index is 11.6. The normalized spacial score (nSPS) is 10.1. The number of hydrogen-bond acceptors (Lipinski definition) is 4. The van der Waals surface area contributed by atoms with Crippen molar-refractivity contribution in [3.63, 3.8) is 0 Å². The molecular formula is C12H13Cl2NO3S. The van der Waals surface area contributed by atoms with Crippen LogP contribution in [-0.4, -0.2) is 30.5 Å². The second kappa shape index (κ2) is 8.30. The number of halogens is 2. The summed E-state index contributed by atoms with van der Waals surface area (Å²) in [4.78, 5) is 22.5. The average Bonchev–Trinajstić information content (AvgIpc) is 2.38. The van der Waals surface area contributed by atoms with Crippen LogP contribution in [0.15, 0.2) is 18.2 Å². The number of methoxy groups -OCH3 is 1. The first-order valence-electron chi connectivity index (χ1n) is 5.42. The monoisotopic (exact) mass is 321 g/mol. The molecule has 1 aromatic carbocycles. The Morgan fingerprint density at radius 1 is 1.32 bits per heavy atom. The van der Waals surface area contributed by atoms with Crippen LogP contribution >= 0.6 is 35.0 Å². The van der Waals surface area contributed by atoms with E-state index in [4.69, 9.17) is 23.2 Å². The minimum Gasteiger partial charge on any atom is -0.469 e. The van der Waals surface area contributed by atoms with Crippen LogP contribution in [0.1, 0.15) is 6.42 Å². The van der Waals surface area contributed by atoms with E-state index in [2.05, 4.69) is 10.1 Å². The van der Waals surface area contributed by atoms with Gasteiger partial charge in [0.2, 0.25) is 5.91 Å². The van der Waals surface area contributed by atoms with Gasteiger partial charge in [-0.25, -0.2) is 0 Å². The van der Waals surface area contributed by atoms with E-state index >= 15 is 0 Å². The number of amides is 1. The fourth-order valence-electron chi connectivity index (χ4n) is 1.19. The molecular weight excluding hydrogens is 309 g/mol. The number of anilines is 1. The molecule has 1 rings (SSSR count). The van der Waals surface area contributed by atoms with Crippen LogP contribution in [-0.2, 0) is 14.3 Å². The molecule has 0 aromatic heterocycles. The van der Waals surface area contributed by atoms with Crippen molar-refractivity contribution in [2.75, 3.05) is 23.9 Å². The predicted molar refractivity (Wildman–Crippen MR) is 79.0 cm³/mol. The lowest BCUT2D eigenvalue weighted by molar-refractivity contribution is -0.140. The summed E-state index contributed by atoms with van der Waals surface area (Å²) in [6.45, 7) is 0. The Labute approximate surface area is 125 Å². The lowest BCUT2D eigenvalue weighted by Gasteiger charge is -2.06. The van der Waals surface area contributed by atoms with Gasteiger partial charge in [-0.3, -0.25) is 9.59 Å². The van der Waals surface area contributed by atoms with E-state index in [-0.39, 0.29) is 17.6 Å². The van der Waals surface area contributed by atoms with E-state index in [1.54, 1.807) is 18.2 Å². The summed E-state index contributed by atoms with van der Waals surface area (Å²) in [5.41, 5.74) is 0.591. The van der Waals surface area contributed by atoms with Gasteiger partial charge in [-0.2, -0.15) is 11.8 Å². The summed E-state index contributed by atoms with van der Waals surface area (Å²) in [7, 11) is 1.34. The Balaban J connectivity index is 2.31. The average molecular weight is 322 g/mol. The van der Waals surface area contributed by atoms with Gasteiger partial charge in [-0.05, 0) is 18.2 Å². The molecule has 0 radical (unpaired) electrons. The third-order valence-electron chi connectivity index (χ3n) is 2.11. The quantitative estimate of drug-likeness (QED) is 0.645. The molecule has 0 aliphatic rings. The van der Waals surface area contributed by atoms with Crippen molar-refractivity contribution in [3.05, 3.63) is 28.2 Å². The number of carbonyl (C=O) groups is 2. The third kappa shape index (κ3) is 6.18. The number of nitrogens with one attached hydrogen (secondary N) is 1. The lowest BCUT2D eigenvalue weighted by atomic mass is 10.3. The Morgan fingerprint density at radius 2 is 2.05 bits per heavy atom. The molecule has 0 aliphatic heterocycles. The standard InChI is InChI=1S/C12H13Cl2NO3S/c1-18-12(17)4-5-19-7-11(16)15-8-2-3-9(13)10(14)6-8/h2-3,6H,4-5,7H2,1H3,(H,15,16). The highest BCUT2D eigenvalue weighted by molar-refractivity contribution is 7.99. The number of esters is 1. The van der Waals surface area contributed by atoms with Gasteiger partial charge in [0.15, 0.2) is 0 Å². The molecule has 4 nitrogen and oxygen atoms in total. The summed E-state index contributed by atoms with van der Waals surface area (Å²) < 4.78 is 4.50. The molecule has 0 fully saturated rings. The molecule has 1 amide bonds. The minimum absolute atomic E-state index is 0.159. The number of ether oxygens (including phenoxy) is 1. The van der Waals surface area contributed by atoms with E-state index in [9.17, 15) is 9.59 Å². The fraction of sp³-hybridized carbons (Fsp3) is 0.333. The van der Waals surface area contributed by atoms with Gasteiger partial charge in [0.25, 0.3) is 0 Å². The number of rotatable bonds is 6. The molecule has 7 heteroatoms. The molecule has 1 N–H and O–H groups in total. The molecule has 0 unspecified atom stereocenters. The largest absolute Gasteiger partial charge is 0.469 e. The molecule has 1 aromatic rings. The Bertz CT molecular complexity index is 468. The van der Waals surface area contributed by atoms with Crippen molar-refractivity contribution in [2.45, 2.75) is 6.42 Å². The Kier molecular flexibility index (Phi) is 7.05. The number of thioether (sulfide) groups is 1. The fourth-order valence-corrected chi connectivity index (χ4v) is 2.20. The van der Waals surface area contributed by atoms with Crippen molar-refractivity contribution < 1.29 is 14.3 Å². The van der Waals surface area contributed by atoms with Gasteiger partial charge in [-0.15, -0.1) is 0 Å². The van der Waals surface area contributed by atoms with Gasteiger partial charge in [-0.1, -0.05) is 23.2 Å². The van der Waals surface area contributed by atoms with Gasteiger partial charge < -0.3 is 10.1 Å². The first kappa shape index (κ1) is 16.1. The molecule has 0 spiro atoms. The second-order valence-corrected chi connectivity index (χ2v) is 5.48. The number of benzene rings is 1. The molecule has 0 bridgehead atoms. The molecule has 0 heterocycles. The third-order valence-corrected chi connectivity index (χ3v) is 3.81. The van der Waals surface area contributed by atoms with E-state index in [0.29, 0.717) is 27.9 Å². The molecule has 19 heavy (non-hydrogen) atoms. The molecule has 0 saturated heterocycles. The van der Waals surface area contributed by atoms with E-state index in [1.165, 1.54) is 18.9 Å². The van der Waals surface area contributed by atoms with E-state index in [1.807, 2.05) is 0 Å². The van der Waals surface area contributed by atoms with Crippen LogP contribution in [0.2, 0.25) is 10.0 Å². The Morgan fingerprint density at radius 3 is 2.68 bits per heavy atom. The minimum atomic E-state index is -0.280. The van der Waals surface area contributed by atoms with Crippen LogP contribution in [0.25, 0.3) is 0 Å².